The van der Waals surface area contributed by atoms with Crippen LogP contribution in [0.25, 0.3) is 0 Å². The molecule has 1 saturated heterocycles. The van der Waals surface area contributed by atoms with E-state index in [2.05, 4.69) is 73.4 Å². The Bertz CT molecular complexity index is 3260. The number of carboxylic acids is 2. The SMILES string of the molecule is CC[C@H](C)[C@H](NC(=O)[C@@H](CCC(=O)O)NC(=O)[C@H](CC(C)C)NC(=O)c1csc([C@@H](N)[C@@H](C)CC)n1)C(=O)N[C@H]1CCCCNC(=O)[C@H](CC(N)=O)NC(=O)[C@@H](CC(=O)O)NC(=O)[C@H](Cc2cnc[nH]2)NC(=O)[C@@H](Cc2ccccc2)NC(=O)[C@H]([C@@H](C)CC)NC(=O)[C@@H](CCCN)NC1=O. The molecule has 1 aliphatic heterocycles. The van der Waals surface area contributed by atoms with Crippen molar-refractivity contribution < 1.29 is 77.3 Å². The number of benzene rings is 1. The fourth-order valence-corrected chi connectivity index (χ4v) is 11.6. The molecule has 1 fully saturated rings. The standard InChI is InChI=1S/C66H101N17O16S/c1-9-35(6)52(69)66-81-48(32-100-66)63(97)76-43(26-34(4)5)59(93)74-42(22-23-50(85)86)58(92)83-53(36(7)10-2)64(98)75-40-20-15-16-25-71-55(89)46(29-49(68)84)78-62(96)47(30-51(87)88)79-61(95)45(28-39-31-70-33-72-39)77-60(94)44(27-38-18-13-12-14-19-38)80-65(99)54(37(8)11-3)82-57(91)41(21-17-24-67)73-56(40)90/h12-14,18-19,31-37,40-47,52-54H,9-11,15-17,20-30,67,69H2,1-8H3,(H2,68,84)(H,70,72)(H,71,89)(H,73,90)(H,74,93)(H,75,98)(H,76,97)(H,77,94)(H,78,96)(H,79,95)(H,80,99)(H,82,91)(H,83,92)(H,85,86)(H,87,88)/t35-,36-,37-,40-,41+,42+,43-,44+,45-,46-,47+,52-,53-,54-/m0/s1. The van der Waals surface area contributed by atoms with E-state index in [1.165, 1.54) is 29.2 Å². The number of nitrogens with one attached hydrogen (secondary N) is 12. The molecule has 552 valence electrons. The van der Waals surface area contributed by atoms with Gasteiger partial charge >= 0.3 is 11.9 Å². The number of carbonyl (C=O) groups is 14. The van der Waals surface area contributed by atoms with Gasteiger partial charge in [0.2, 0.25) is 65.0 Å². The summed E-state index contributed by atoms with van der Waals surface area (Å²) in [5, 5.41) is 50.4. The highest BCUT2D eigenvalue weighted by Crippen LogP contribution is 2.25. The van der Waals surface area contributed by atoms with E-state index in [0.717, 1.165) is 6.42 Å². The second kappa shape index (κ2) is 41.8. The summed E-state index contributed by atoms with van der Waals surface area (Å²) in [6.45, 7) is 14.0. The quantitative estimate of drug-likeness (QED) is 0.0377. The van der Waals surface area contributed by atoms with Crippen LogP contribution in [0.4, 0.5) is 0 Å². The molecule has 12 amide bonds. The van der Waals surface area contributed by atoms with Crippen molar-refractivity contribution in [3.05, 3.63) is 70.2 Å². The van der Waals surface area contributed by atoms with Crippen LogP contribution in [0.1, 0.15) is 172 Å². The Morgan fingerprint density at radius 1 is 0.660 bits per heavy atom. The Kier molecular flexibility index (Phi) is 34.7. The highest BCUT2D eigenvalue weighted by Gasteiger charge is 2.39. The van der Waals surface area contributed by atoms with Gasteiger partial charge in [0.1, 0.15) is 71.1 Å². The molecule has 0 bridgehead atoms. The van der Waals surface area contributed by atoms with Gasteiger partial charge < -0.3 is 90.9 Å². The number of thiazole rings is 1. The van der Waals surface area contributed by atoms with Crippen molar-refractivity contribution in [1.82, 2.24) is 73.4 Å². The average molecular weight is 1420 g/mol. The molecule has 1 aliphatic rings. The second-order valence-corrected chi connectivity index (χ2v) is 26.6. The highest BCUT2D eigenvalue weighted by atomic mass is 32.1. The van der Waals surface area contributed by atoms with Crippen LogP contribution in [0.5, 0.6) is 0 Å². The molecule has 3 aromatic rings. The van der Waals surface area contributed by atoms with Gasteiger partial charge in [0.15, 0.2) is 0 Å². The number of hydrogen-bond donors (Lipinski definition) is 17. The third kappa shape index (κ3) is 27.3. The van der Waals surface area contributed by atoms with Crippen molar-refractivity contribution in [2.24, 2.45) is 40.9 Å². The zero-order valence-corrected chi connectivity index (χ0v) is 58.8. The molecule has 3 heterocycles. The molecule has 100 heavy (non-hydrogen) atoms. The summed E-state index contributed by atoms with van der Waals surface area (Å²) in [7, 11) is 0. The van der Waals surface area contributed by atoms with Gasteiger partial charge in [0, 0.05) is 43.1 Å². The van der Waals surface area contributed by atoms with Gasteiger partial charge in [-0.05, 0) is 80.7 Å². The minimum atomic E-state index is -1.94. The molecule has 34 heteroatoms. The number of imidazole rings is 1. The van der Waals surface area contributed by atoms with Gasteiger partial charge in [-0.1, -0.05) is 105 Å². The van der Waals surface area contributed by atoms with Crippen LogP contribution in [0.3, 0.4) is 0 Å². The van der Waals surface area contributed by atoms with Gasteiger partial charge in [-0.15, -0.1) is 11.3 Å². The van der Waals surface area contributed by atoms with Gasteiger partial charge in [-0.25, -0.2) is 9.97 Å². The topological polar surface area (TPSA) is 531 Å². The summed E-state index contributed by atoms with van der Waals surface area (Å²) in [5.74, 6) is -15.9. The Balaban J connectivity index is 1.78. The predicted molar refractivity (Wildman–Crippen MR) is 366 cm³/mol. The van der Waals surface area contributed by atoms with Crippen LogP contribution in [0.2, 0.25) is 0 Å². The van der Waals surface area contributed by atoms with E-state index >= 15 is 0 Å². The first kappa shape index (κ1) is 83.0. The number of rotatable bonds is 31. The van der Waals surface area contributed by atoms with E-state index in [0.29, 0.717) is 16.3 Å². The monoisotopic (exact) mass is 1420 g/mol. The minimum absolute atomic E-state index is 0.00226. The number of hydrogen-bond acceptors (Lipinski definition) is 19. The van der Waals surface area contributed by atoms with Crippen molar-refractivity contribution in [3.8, 4) is 0 Å². The zero-order chi connectivity index (χ0) is 74.3. The lowest BCUT2D eigenvalue weighted by molar-refractivity contribution is -0.142. The maximum atomic E-state index is 14.9. The number of nitrogens with two attached hydrogens (primary N) is 3. The summed E-state index contributed by atoms with van der Waals surface area (Å²) in [4.78, 5) is 206. The molecule has 0 saturated carbocycles. The van der Waals surface area contributed by atoms with Gasteiger partial charge in [-0.2, -0.15) is 0 Å². The second-order valence-electron chi connectivity index (χ2n) is 25.7. The molecule has 0 radical (unpaired) electrons. The van der Waals surface area contributed by atoms with Crippen LogP contribution in [0, 0.1) is 23.7 Å². The van der Waals surface area contributed by atoms with Gasteiger partial charge in [0.25, 0.3) is 5.91 Å². The molecule has 0 spiro atoms. The van der Waals surface area contributed by atoms with E-state index in [1.807, 2.05) is 13.8 Å². The fourth-order valence-electron chi connectivity index (χ4n) is 10.7. The number of aromatic amines is 1. The molecule has 20 N–H and O–H groups in total. The van der Waals surface area contributed by atoms with Crippen molar-refractivity contribution >= 4 is 94.2 Å². The average Bonchev–Trinajstić information content (AvgIpc) is 1.41. The molecule has 0 unspecified atom stereocenters. The maximum absolute atomic E-state index is 14.9. The molecule has 14 atom stereocenters. The third-order valence-corrected chi connectivity index (χ3v) is 18.2. The first-order valence-electron chi connectivity index (χ1n) is 33.9. The molecule has 1 aromatic carbocycles. The van der Waals surface area contributed by atoms with Crippen molar-refractivity contribution in [2.45, 2.75) is 218 Å². The highest BCUT2D eigenvalue weighted by molar-refractivity contribution is 7.09. The Hall–Kier alpha value is -9.44. The number of amides is 12. The largest absolute Gasteiger partial charge is 0.481 e. The van der Waals surface area contributed by atoms with Crippen LogP contribution < -0.4 is 75.7 Å². The molecule has 0 aliphatic carbocycles. The number of aliphatic carboxylic acids is 2. The van der Waals surface area contributed by atoms with Crippen LogP contribution in [-0.2, 0) is 75.2 Å². The van der Waals surface area contributed by atoms with Crippen molar-refractivity contribution in [3.63, 3.8) is 0 Å². The lowest BCUT2D eigenvalue weighted by atomic mass is 9.96. The Labute approximate surface area is 584 Å². The van der Waals surface area contributed by atoms with E-state index in [4.69, 9.17) is 17.2 Å². The van der Waals surface area contributed by atoms with E-state index in [1.54, 1.807) is 71.9 Å². The summed E-state index contributed by atoms with van der Waals surface area (Å²) in [6.07, 6.45) is 0.267. The summed E-state index contributed by atoms with van der Waals surface area (Å²) in [5.41, 5.74) is 18.7. The molecule has 4 rings (SSSR count). The van der Waals surface area contributed by atoms with Gasteiger partial charge in [-0.3, -0.25) is 67.1 Å². The van der Waals surface area contributed by atoms with Crippen LogP contribution in [-0.4, -0.2) is 181 Å². The summed E-state index contributed by atoms with van der Waals surface area (Å²) < 4.78 is 0. The number of H-pyrrole nitrogens is 1. The number of aromatic nitrogens is 3. The van der Waals surface area contributed by atoms with Crippen molar-refractivity contribution in [2.75, 3.05) is 13.1 Å². The van der Waals surface area contributed by atoms with Crippen LogP contribution >= 0.6 is 11.3 Å². The van der Waals surface area contributed by atoms with Crippen LogP contribution in [0.15, 0.2) is 48.2 Å². The summed E-state index contributed by atoms with van der Waals surface area (Å²) in [6, 6.07) is -7.61. The number of nitrogens with zero attached hydrogens (tertiary/aromatic N) is 2. The zero-order valence-electron chi connectivity index (χ0n) is 57.9. The number of carboxylic acid groups (broad SMARTS) is 2. The first-order valence-corrected chi connectivity index (χ1v) is 34.7. The lowest BCUT2D eigenvalue weighted by Crippen LogP contribution is -2.62. The Morgan fingerprint density at radius 2 is 1.26 bits per heavy atom. The molecule has 33 nitrogen and oxygen atoms in total. The number of primary amides is 1. The Morgan fingerprint density at radius 3 is 1.85 bits per heavy atom. The first-order chi connectivity index (χ1) is 47.4. The third-order valence-electron chi connectivity index (χ3n) is 17.3. The van der Waals surface area contributed by atoms with Gasteiger partial charge in [0.05, 0.1) is 25.2 Å². The predicted octanol–water partition coefficient (Wildman–Crippen LogP) is -0.749. The molecule has 2 aromatic heterocycles. The van der Waals surface area contributed by atoms with E-state index in [9.17, 15) is 77.3 Å². The normalized spacial score (nSPS) is 21.7. The molecular formula is C66H101N17O16S. The maximum Gasteiger partial charge on any atom is 0.305 e. The van der Waals surface area contributed by atoms with E-state index in [-0.39, 0.29) is 94.8 Å². The summed E-state index contributed by atoms with van der Waals surface area (Å²) >= 11 is 1.19. The fraction of sp³-hybridized carbons (Fsp3) is 0.606. The lowest BCUT2D eigenvalue weighted by Gasteiger charge is -2.30. The van der Waals surface area contributed by atoms with Crippen molar-refractivity contribution in [1.29, 1.82) is 0 Å². The smallest absolute Gasteiger partial charge is 0.305 e. The van der Waals surface area contributed by atoms with E-state index < -0.39 is 187 Å². The molecular weight excluding hydrogens is 1320 g/mol. The minimum Gasteiger partial charge on any atom is -0.481 e. The number of carbonyl (C=O) groups excluding carboxylic acids is 12.